The van der Waals surface area contributed by atoms with Gasteiger partial charge in [0.1, 0.15) is 11.6 Å². The van der Waals surface area contributed by atoms with Gasteiger partial charge in [0, 0.05) is 44.5 Å². The highest BCUT2D eigenvalue weighted by molar-refractivity contribution is 6.01. The molecule has 3 aromatic rings. The molecule has 5 rings (SSSR count). The molecule has 2 aliphatic rings. The Bertz CT molecular complexity index is 1040. The number of hydrogen-bond donors (Lipinski definition) is 1. The van der Waals surface area contributed by atoms with Crippen LogP contribution in [0.5, 0.6) is 0 Å². The lowest BCUT2D eigenvalue weighted by Gasteiger charge is -2.25. The zero-order chi connectivity index (χ0) is 19.8. The van der Waals surface area contributed by atoms with Gasteiger partial charge < -0.3 is 9.88 Å². The quantitative estimate of drug-likeness (QED) is 0.738. The maximum atomic E-state index is 13.4. The van der Waals surface area contributed by atoms with Crippen molar-refractivity contribution in [1.29, 1.82) is 0 Å². The molecule has 2 unspecified atom stereocenters. The van der Waals surface area contributed by atoms with E-state index < -0.39 is 5.82 Å². The Labute approximate surface area is 167 Å². The first-order valence-electron chi connectivity index (χ1n) is 9.77. The van der Waals surface area contributed by atoms with Crippen molar-refractivity contribution in [3.05, 3.63) is 71.8 Å². The first kappa shape index (κ1) is 17.9. The lowest BCUT2D eigenvalue weighted by Crippen LogP contribution is -2.31. The van der Waals surface area contributed by atoms with Crippen molar-refractivity contribution in [3.63, 3.8) is 0 Å². The molecule has 29 heavy (non-hydrogen) atoms. The second kappa shape index (κ2) is 7.36. The van der Waals surface area contributed by atoms with Crippen LogP contribution in [0.25, 0.3) is 0 Å². The molecule has 0 saturated carbocycles. The van der Waals surface area contributed by atoms with Crippen LogP contribution in [-0.2, 0) is 19.5 Å². The predicted octanol–water partition coefficient (Wildman–Crippen LogP) is 2.37. The molecule has 2 aromatic heterocycles. The van der Waals surface area contributed by atoms with Crippen molar-refractivity contribution in [2.45, 2.75) is 19.5 Å². The Balaban J connectivity index is 1.29. The normalized spacial score (nSPS) is 20.9. The van der Waals surface area contributed by atoms with Gasteiger partial charge in [-0.3, -0.25) is 14.7 Å². The minimum Gasteiger partial charge on any atom is -0.319 e. The van der Waals surface area contributed by atoms with Gasteiger partial charge in [0.05, 0.1) is 5.69 Å². The van der Waals surface area contributed by atoms with Crippen molar-refractivity contribution in [3.8, 4) is 0 Å². The Morgan fingerprint density at radius 3 is 2.83 bits per heavy atom. The highest BCUT2D eigenvalue weighted by Crippen LogP contribution is 2.33. The number of amides is 1. The highest BCUT2D eigenvalue weighted by atomic mass is 19.1. The molecule has 0 radical (unpaired) electrons. The summed E-state index contributed by atoms with van der Waals surface area (Å²) in [5.74, 6) is 1.32. The minimum absolute atomic E-state index is 0.283. The molecule has 0 aliphatic carbocycles. The lowest BCUT2D eigenvalue weighted by atomic mass is 9.89. The number of hydrogen-bond acceptors (Lipinski definition) is 5. The van der Waals surface area contributed by atoms with Gasteiger partial charge in [-0.05, 0) is 42.2 Å². The van der Waals surface area contributed by atoms with E-state index in [9.17, 15) is 9.18 Å². The Hall–Kier alpha value is -3.13. The summed E-state index contributed by atoms with van der Waals surface area (Å²) in [5, 5.41) is 11.1. The second-order valence-corrected chi connectivity index (χ2v) is 7.75. The summed E-state index contributed by atoms with van der Waals surface area (Å²) in [7, 11) is 0. The van der Waals surface area contributed by atoms with Crippen molar-refractivity contribution in [2.75, 3.05) is 18.4 Å². The van der Waals surface area contributed by atoms with E-state index in [-0.39, 0.29) is 11.7 Å². The van der Waals surface area contributed by atoms with Crippen LogP contribution in [0, 0.1) is 17.7 Å². The molecule has 1 fully saturated rings. The molecule has 148 valence electrons. The summed E-state index contributed by atoms with van der Waals surface area (Å²) in [6.07, 6.45) is 2.63. The molecule has 4 heterocycles. The zero-order valence-electron chi connectivity index (χ0n) is 15.8. The smallest absolute Gasteiger partial charge is 0.293 e. The molecule has 0 bridgehead atoms. The van der Waals surface area contributed by atoms with Crippen LogP contribution in [0.3, 0.4) is 0 Å². The molecule has 8 heteroatoms. The molecule has 0 spiro atoms. The van der Waals surface area contributed by atoms with E-state index in [0.29, 0.717) is 17.5 Å². The lowest BCUT2D eigenvalue weighted by molar-refractivity contribution is 0.100. The van der Waals surface area contributed by atoms with Crippen LogP contribution in [0.2, 0.25) is 0 Å². The van der Waals surface area contributed by atoms with Crippen LogP contribution in [0.15, 0.2) is 48.7 Å². The number of carbonyl (C=O) groups excluding carboxylic acids is 1. The predicted molar refractivity (Wildman–Crippen MR) is 105 cm³/mol. The molecule has 2 atom stereocenters. The molecule has 2 aliphatic heterocycles. The summed E-state index contributed by atoms with van der Waals surface area (Å²) < 4.78 is 15.3. The summed E-state index contributed by atoms with van der Waals surface area (Å²) in [6.45, 7) is 3.52. The first-order valence-corrected chi connectivity index (χ1v) is 9.77. The average molecular weight is 392 g/mol. The van der Waals surface area contributed by atoms with Crippen LogP contribution in [0.1, 0.15) is 22.1 Å². The number of likely N-dealkylation sites (tertiary alicyclic amines) is 1. The highest BCUT2D eigenvalue weighted by Gasteiger charge is 2.39. The fraction of sp³-hybridized carbons (Fsp3) is 0.333. The van der Waals surface area contributed by atoms with E-state index in [1.54, 1.807) is 12.1 Å². The standard InChI is InChI=1S/C21H21FN6O/c22-16-4-3-6-17(9-16)24-21(29)20-26-25-19-8-14-10-27(11-15(14)12-28(19)20)13-18-5-1-2-7-23-18/h1-7,9,14-15H,8,10-13H2,(H,24,29). The molecule has 1 N–H and O–H groups in total. The van der Waals surface area contributed by atoms with Gasteiger partial charge >= 0.3 is 0 Å². The van der Waals surface area contributed by atoms with Crippen molar-refractivity contribution < 1.29 is 9.18 Å². The Morgan fingerprint density at radius 1 is 1.10 bits per heavy atom. The van der Waals surface area contributed by atoms with Gasteiger partial charge in [-0.25, -0.2) is 4.39 Å². The van der Waals surface area contributed by atoms with E-state index in [4.69, 9.17) is 0 Å². The number of pyridine rings is 1. The van der Waals surface area contributed by atoms with E-state index in [2.05, 4.69) is 25.4 Å². The topological polar surface area (TPSA) is 75.9 Å². The SMILES string of the molecule is O=C(Nc1cccc(F)c1)c1nnc2n1CC1CN(Cc3ccccn3)CC1C2. The van der Waals surface area contributed by atoms with Crippen molar-refractivity contribution >= 4 is 11.6 Å². The van der Waals surface area contributed by atoms with Crippen LogP contribution in [-0.4, -0.2) is 43.6 Å². The van der Waals surface area contributed by atoms with E-state index in [1.165, 1.54) is 12.1 Å². The van der Waals surface area contributed by atoms with Gasteiger partial charge in [0.25, 0.3) is 5.91 Å². The van der Waals surface area contributed by atoms with Crippen molar-refractivity contribution in [1.82, 2.24) is 24.6 Å². The number of nitrogens with one attached hydrogen (secondary N) is 1. The van der Waals surface area contributed by atoms with Gasteiger partial charge in [0.15, 0.2) is 0 Å². The van der Waals surface area contributed by atoms with E-state index >= 15 is 0 Å². The van der Waals surface area contributed by atoms with E-state index in [0.717, 1.165) is 44.1 Å². The number of carbonyl (C=O) groups is 1. The number of aromatic nitrogens is 4. The molecular formula is C21H21FN6O. The summed E-state index contributed by atoms with van der Waals surface area (Å²) in [5.41, 5.74) is 1.48. The number of rotatable bonds is 4. The largest absolute Gasteiger partial charge is 0.319 e. The first-order chi connectivity index (χ1) is 14.2. The van der Waals surface area contributed by atoms with Gasteiger partial charge in [0.2, 0.25) is 5.82 Å². The molecule has 1 aromatic carbocycles. The number of nitrogens with zero attached hydrogens (tertiary/aromatic N) is 5. The van der Waals surface area contributed by atoms with Crippen molar-refractivity contribution in [2.24, 2.45) is 11.8 Å². The van der Waals surface area contributed by atoms with E-state index in [1.807, 2.05) is 29.0 Å². The van der Waals surface area contributed by atoms with Crippen LogP contribution >= 0.6 is 0 Å². The summed E-state index contributed by atoms with van der Waals surface area (Å²) >= 11 is 0. The fourth-order valence-corrected chi connectivity index (χ4v) is 4.39. The van der Waals surface area contributed by atoms with Gasteiger partial charge in [-0.1, -0.05) is 12.1 Å². The molecule has 1 saturated heterocycles. The number of fused-ring (bicyclic) bond motifs is 2. The third-order valence-electron chi connectivity index (χ3n) is 5.74. The Morgan fingerprint density at radius 2 is 2.00 bits per heavy atom. The maximum absolute atomic E-state index is 13.4. The van der Waals surface area contributed by atoms with Crippen LogP contribution in [0.4, 0.5) is 10.1 Å². The number of halogens is 1. The number of anilines is 1. The summed E-state index contributed by atoms with van der Waals surface area (Å²) in [6, 6.07) is 11.8. The third-order valence-corrected chi connectivity index (χ3v) is 5.74. The molecular weight excluding hydrogens is 371 g/mol. The molecule has 7 nitrogen and oxygen atoms in total. The third kappa shape index (κ3) is 3.63. The minimum atomic E-state index is -0.395. The van der Waals surface area contributed by atoms with Gasteiger partial charge in [-0.15, -0.1) is 10.2 Å². The second-order valence-electron chi connectivity index (χ2n) is 7.75. The molecule has 1 amide bonds. The fourth-order valence-electron chi connectivity index (χ4n) is 4.39. The maximum Gasteiger partial charge on any atom is 0.293 e. The zero-order valence-corrected chi connectivity index (χ0v) is 15.8. The average Bonchev–Trinajstić information content (AvgIpc) is 3.29. The summed E-state index contributed by atoms with van der Waals surface area (Å²) in [4.78, 5) is 19.5. The number of benzene rings is 1. The van der Waals surface area contributed by atoms with Gasteiger partial charge in [-0.2, -0.15) is 0 Å². The Kier molecular flexibility index (Phi) is 4.55. The monoisotopic (exact) mass is 392 g/mol. The van der Waals surface area contributed by atoms with Crippen LogP contribution < -0.4 is 5.32 Å².